The lowest BCUT2D eigenvalue weighted by Crippen LogP contribution is -2.52. The van der Waals surface area contributed by atoms with Crippen LogP contribution in [-0.2, 0) is 38.1 Å². The minimum atomic E-state index is -4.45. The lowest BCUT2D eigenvalue weighted by molar-refractivity contribution is -0.143. The van der Waals surface area contributed by atoms with Crippen LogP contribution in [0.15, 0.2) is 18.2 Å². The van der Waals surface area contributed by atoms with Crippen LogP contribution in [0.2, 0.25) is 0 Å². The maximum Gasteiger partial charge on any atom is 0.416 e. The van der Waals surface area contributed by atoms with Crippen LogP contribution in [0.3, 0.4) is 0 Å². The van der Waals surface area contributed by atoms with Gasteiger partial charge in [0.2, 0.25) is 5.91 Å². The Morgan fingerprint density at radius 1 is 1.19 bits per heavy atom. The van der Waals surface area contributed by atoms with Crippen LogP contribution in [-0.4, -0.2) is 111 Å². The van der Waals surface area contributed by atoms with E-state index in [9.17, 15) is 22.8 Å². The lowest BCUT2D eigenvalue weighted by Gasteiger charge is -2.38. The fourth-order valence-electron chi connectivity index (χ4n) is 7.52. The summed E-state index contributed by atoms with van der Waals surface area (Å²) in [7, 11) is 1.67. The van der Waals surface area contributed by atoms with Gasteiger partial charge in [0, 0.05) is 58.5 Å². The number of alkyl halides is 3. The number of nitrogens with one attached hydrogen (secondary N) is 1. The standard InChI is InChI=1S/C31H45F3N4O5/c1-4-36(5-2)11-13-43-29(40)38-18-24-15-25(35-26-9-12-42-19-27(26)41-3)16-30(24,20-38)28(39)37-10-8-21-6-7-23(31(32,33)34)14-22(21)17-37/h6-7,14,24-27,35H,4-5,8-13,15-20H2,1-3H3/t24-,25+,26-,27+,30-/m0/s1. The molecule has 240 valence electrons. The van der Waals surface area contributed by atoms with Gasteiger partial charge >= 0.3 is 12.3 Å². The van der Waals surface area contributed by atoms with Gasteiger partial charge in [-0.15, -0.1) is 0 Å². The maximum absolute atomic E-state index is 14.4. The molecule has 5 rings (SSSR count). The van der Waals surface area contributed by atoms with Gasteiger partial charge in [0.15, 0.2) is 0 Å². The summed E-state index contributed by atoms with van der Waals surface area (Å²) >= 11 is 0. The van der Waals surface area contributed by atoms with Crippen LogP contribution < -0.4 is 5.32 Å². The van der Waals surface area contributed by atoms with Crippen molar-refractivity contribution in [3.63, 3.8) is 0 Å². The number of fused-ring (bicyclic) bond motifs is 2. The Labute approximate surface area is 252 Å². The van der Waals surface area contributed by atoms with Gasteiger partial charge in [-0.2, -0.15) is 13.2 Å². The molecule has 12 heteroatoms. The number of likely N-dealkylation sites (tertiary alicyclic amines) is 1. The largest absolute Gasteiger partial charge is 0.448 e. The van der Waals surface area contributed by atoms with Crippen LogP contribution in [0.5, 0.6) is 0 Å². The monoisotopic (exact) mass is 610 g/mol. The Balaban J connectivity index is 1.33. The third-order valence-corrected chi connectivity index (χ3v) is 9.98. The highest BCUT2D eigenvalue weighted by atomic mass is 19.4. The fourth-order valence-corrected chi connectivity index (χ4v) is 7.52. The van der Waals surface area contributed by atoms with E-state index in [0.29, 0.717) is 57.7 Å². The first kappa shape index (κ1) is 32.0. The molecule has 0 bridgehead atoms. The maximum atomic E-state index is 14.4. The molecular formula is C31H45F3N4O5. The van der Waals surface area contributed by atoms with Gasteiger partial charge in [-0.3, -0.25) is 4.79 Å². The molecule has 5 atom stereocenters. The molecule has 1 aromatic rings. The number of benzene rings is 1. The first-order valence-corrected chi connectivity index (χ1v) is 15.6. The average Bonchev–Trinajstić information content (AvgIpc) is 3.53. The van der Waals surface area contributed by atoms with Crippen molar-refractivity contribution in [2.45, 2.75) is 70.4 Å². The number of carbonyl (C=O) groups is 2. The van der Waals surface area contributed by atoms with Crippen molar-refractivity contribution in [3.8, 4) is 0 Å². The molecule has 4 aliphatic rings. The smallest absolute Gasteiger partial charge is 0.416 e. The highest BCUT2D eigenvalue weighted by molar-refractivity contribution is 5.86. The summed E-state index contributed by atoms with van der Waals surface area (Å²) in [5.41, 5.74) is -0.161. The molecule has 3 heterocycles. The molecule has 0 spiro atoms. The molecule has 0 radical (unpaired) electrons. The molecule has 0 unspecified atom stereocenters. The molecule has 1 aliphatic carbocycles. The topological polar surface area (TPSA) is 83.6 Å². The number of hydrogen-bond donors (Lipinski definition) is 1. The molecule has 3 aliphatic heterocycles. The Hall–Kier alpha value is -2.41. The van der Waals surface area contributed by atoms with E-state index >= 15 is 0 Å². The Kier molecular flexibility index (Phi) is 9.89. The van der Waals surface area contributed by atoms with Gasteiger partial charge < -0.3 is 34.2 Å². The van der Waals surface area contributed by atoms with Crippen molar-refractivity contribution in [1.82, 2.24) is 20.0 Å². The number of rotatable bonds is 9. The predicted molar refractivity (Wildman–Crippen MR) is 153 cm³/mol. The van der Waals surface area contributed by atoms with Gasteiger partial charge in [0.05, 0.1) is 23.7 Å². The minimum Gasteiger partial charge on any atom is -0.448 e. The fraction of sp³-hybridized carbons (Fsp3) is 0.742. The van der Waals surface area contributed by atoms with Crippen molar-refractivity contribution in [3.05, 3.63) is 34.9 Å². The third-order valence-electron chi connectivity index (χ3n) is 9.98. The predicted octanol–water partition coefficient (Wildman–Crippen LogP) is 3.54. The number of likely N-dealkylation sites (N-methyl/N-ethyl adjacent to an activating group) is 1. The van der Waals surface area contributed by atoms with Gasteiger partial charge in [0.1, 0.15) is 6.61 Å². The zero-order valence-corrected chi connectivity index (χ0v) is 25.5. The number of methoxy groups -OCH3 is 1. The van der Waals surface area contributed by atoms with E-state index < -0.39 is 23.2 Å². The van der Waals surface area contributed by atoms with Crippen molar-refractivity contribution in [2.24, 2.45) is 11.3 Å². The average molecular weight is 611 g/mol. The van der Waals surface area contributed by atoms with Gasteiger partial charge in [-0.05, 0) is 68.0 Å². The summed E-state index contributed by atoms with van der Waals surface area (Å²) < 4.78 is 57.2. The van der Waals surface area contributed by atoms with E-state index in [-0.39, 0.29) is 49.7 Å². The normalized spacial score (nSPS) is 29.1. The lowest BCUT2D eigenvalue weighted by atomic mass is 9.78. The van der Waals surface area contributed by atoms with E-state index in [2.05, 4.69) is 24.1 Å². The van der Waals surface area contributed by atoms with E-state index in [1.165, 1.54) is 12.1 Å². The van der Waals surface area contributed by atoms with Crippen LogP contribution >= 0.6 is 0 Å². The van der Waals surface area contributed by atoms with Gasteiger partial charge in [0.25, 0.3) is 0 Å². The molecule has 1 aromatic carbocycles. The number of halogens is 3. The summed E-state index contributed by atoms with van der Waals surface area (Å²) in [5.74, 6) is -0.171. The highest BCUT2D eigenvalue weighted by Crippen LogP contribution is 2.51. The second kappa shape index (κ2) is 13.3. The summed E-state index contributed by atoms with van der Waals surface area (Å²) in [4.78, 5) is 33.2. The number of carbonyl (C=O) groups excluding carboxylic acids is 2. The minimum absolute atomic E-state index is 0.0458. The first-order chi connectivity index (χ1) is 20.6. The van der Waals surface area contributed by atoms with Crippen molar-refractivity contribution >= 4 is 12.0 Å². The van der Waals surface area contributed by atoms with E-state index in [1.807, 2.05) is 0 Å². The van der Waals surface area contributed by atoms with Crippen LogP contribution in [0, 0.1) is 11.3 Å². The van der Waals surface area contributed by atoms with Crippen molar-refractivity contribution in [2.75, 3.05) is 66.2 Å². The Morgan fingerprint density at radius 2 is 1.98 bits per heavy atom. The number of hydrogen-bond acceptors (Lipinski definition) is 7. The van der Waals surface area contributed by atoms with Crippen LogP contribution in [0.1, 0.15) is 49.8 Å². The van der Waals surface area contributed by atoms with Gasteiger partial charge in [-0.25, -0.2) is 4.79 Å². The van der Waals surface area contributed by atoms with Gasteiger partial charge in [-0.1, -0.05) is 19.9 Å². The van der Waals surface area contributed by atoms with Crippen LogP contribution in [0.4, 0.5) is 18.0 Å². The molecular weight excluding hydrogens is 565 g/mol. The molecule has 0 aromatic heterocycles. The number of amides is 2. The first-order valence-electron chi connectivity index (χ1n) is 15.6. The summed E-state index contributed by atoms with van der Waals surface area (Å²) in [5, 5.41) is 3.73. The zero-order valence-electron chi connectivity index (χ0n) is 25.5. The Morgan fingerprint density at radius 3 is 2.70 bits per heavy atom. The number of ether oxygens (including phenoxy) is 3. The molecule has 2 saturated heterocycles. The molecule has 9 nitrogen and oxygen atoms in total. The summed E-state index contributed by atoms with van der Waals surface area (Å²) in [6.45, 7) is 9.14. The van der Waals surface area contributed by atoms with Crippen molar-refractivity contribution < 1.29 is 37.0 Å². The molecule has 3 fully saturated rings. The van der Waals surface area contributed by atoms with E-state index in [1.54, 1.807) is 16.9 Å². The SMILES string of the molecule is CCN(CC)CCOC(=O)N1C[C@@H]2C[C@@H](N[C@H]3CCOC[C@H]3OC)C[C@]2(C(=O)N2CCc3ccc(C(F)(F)F)cc3C2)C1. The second-order valence-electron chi connectivity index (χ2n) is 12.4. The summed E-state index contributed by atoms with van der Waals surface area (Å²) in [6, 6.07) is 3.96. The molecule has 1 N–H and O–H groups in total. The molecule has 43 heavy (non-hydrogen) atoms. The quantitative estimate of drug-likeness (QED) is 0.458. The van der Waals surface area contributed by atoms with E-state index in [0.717, 1.165) is 31.1 Å². The number of nitrogens with zero attached hydrogens (tertiary/aromatic N) is 3. The molecule has 1 saturated carbocycles. The zero-order chi connectivity index (χ0) is 30.8. The molecule has 2 amide bonds. The Bertz CT molecular complexity index is 1150. The van der Waals surface area contributed by atoms with Crippen molar-refractivity contribution in [1.29, 1.82) is 0 Å². The second-order valence-corrected chi connectivity index (χ2v) is 12.4. The summed E-state index contributed by atoms with van der Waals surface area (Å²) in [6.07, 6.45) is -2.39. The third kappa shape index (κ3) is 6.82. The highest BCUT2D eigenvalue weighted by Gasteiger charge is 2.60. The van der Waals surface area contributed by atoms with Crippen LogP contribution in [0.25, 0.3) is 0 Å². The van der Waals surface area contributed by atoms with E-state index in [4.69, 9.17) is 14.2 Å².